The fourth-order valence-electron chi connectivity index (χ4n) is 1.52. The van der Waals surface area contributed by atoms with Gasteiger partial charge in [0.2, 0.25) is 5.91 Å². The summed E-state index contributed by atoms with van der Waals surface area (Å²) in [7, 11) is 1.62. The average molecular weight is 342 g/mol. The molecule has 1 aromatic rings. The van der Waals surface area contributed by atoms with Gasteiger partial charge in [-0.15, -0.1) is 12.4 Å². The van der Waals surface area contributed by atoms with Gasteiger partial charge in [-0.25, -0.2) is 0 Å². The molecule has 0 aromatic heterocycles. The van der Waals surface area contributed by atoms with Crippen LogP contribution in [0.4, 0.5) is 0 Å². The van der Waals surface area contributed by atoms with Gasteiger partial charge >= 0.3 is 0 Å². The molecular weight excluding hydrogens is 323 g/mol. The molecule has 0 bridgehead atoms. The zero-order valence-electron chi connectivity index (χ0n) is 11.2. The Hall–Kier alpha value is -0.520. The van der Waals surface area contributed by atoms with Crippen molar-refractivity contribution in [2.75, 3.05) is 33.4 Å². The third-order valence-electron chi connectivity index (χ3n) is 2.52. The molecule has 0 heterocycles. The van der Waals surface area contributed by atoms with E-state index in [9.17, 15) is 4.79 Å². The van der Waals surface area contributed by atoms with E-state index >= 15 is 0 Å². The second-order valence-corrected chi connectivity index (χ2v) is 4.77. The Morgan fingerprint density at radius 1 is 1.30 bits per heavy atom. The van der Waals surface area contributed by atoms with E-state index in [-0.39, 0.29) is 24.9 Å². The minimum atomic E-state index is -0.0470. The summed E-state index contributed by atoms with van der Waals surface area (Å²) < 4.78 is 4.87. The predicted octanol–water partition coefficient (Wildman–Crippen LogP) is 2.31. The van der Waals surface area contributed by atoms with Crippen molar-refractivity contribution in [3.8, 4) is 0 Å². The lowest BCUT2D eigenvalue weighted by atomic mass is 10.1. The minimum absolute atomic E-state index is 0. The molecule has 2 N–H and O–H groups in total. The first-order chi connectivity index (χ1) is 9.15. The Bertz CT molecular complexity index is 417. The molecule has 0 fully saturated rings. The van der Waals surface area contributed by atoms with Gasteiger partial charge in [-0.3, -0.25) is 4.79 Å². The molecule has 0 unspecified atom stereocenters. The maximum Gasteiger partial charge on any atom is 0.233 e. The van der Waals surface area contributed by atoms with Gasteiger partial charge in [0, 0.05) is 20.2 Å². The van der Waals surface area contributed by atoms with E-state index in [4.69, 9.17) is 27.9 Å². The SMILES string of the molecule is COCCNCC(=O)NCCc1cccc(Cl)c1Cl.Cl. The van der Waals surface area contributed by atoms with Crippen LogP contribution in [0.3, 0.4) is 0 Å². The van der Waals surface area contributed by atoms with E-state index in [1.54, 1.807) is 13.2 Å². The first-order valence-corrected chi connectivity index (χ1v) is 6.80. The Morgan fingerprint density at radius 3 is 2.75 bits per heavy atom. The fourth-order valence-corrected chi connectivity index (χ4v) is 1.93. The molecular formula is C13H19Cl3N2O2. The number of hydrogen-bond acceptors (Lipinski definition) is 3. The molecule has 0 saturated heterocycles. The van der Waals surface area contributed by atoms with Crippen LogP contribution < -0.4 is 10.6 Å². The van der Waals surface area contributed by atoms with E-state index in [0.29, 0.717) is 36.2 Å². The number of halogens is 3. The molecule has 1 rings (SSSR count). The summed E-state index contributed by atoms with van der Waals surface area (Å²) in [4.78, 5) is 11.5. The largest absolute Gasteiger partial charge is 0.383 e. The number of hydrogen-bond donors (Lipinski definition) is 2. The Kier molecular flexibility index (Phi) is 10.9. The normalized spacial score (nSPS) is 9.95. The fraction of sp³-hybridized carbons (Fsp3) is 0.462. The summed E-state index contributed by atoms with van der Waals surface area (Å²) in [5.41, 5.74) is 0.932. The van der Waals surface area contributed by atoms with Gasteiger partial charge < -0.3 is 15.4 Å². The highest BCUT2D eigenvalue weighted by Crippen LogP contribution is 2.25. The van der Waals surface area contributed by atoms with Crippen LogP contribution in [0.25, 0.3) is 0 Å². The number of methoxy groups -OCH3 is 1. The Labute approximate surface area is 135 Å². The number of carbonyl (C=O) groups excluding carboxylic acids is 1. The van der Waals surface area contributed by atoms with Crippen LogP contribution in [-0.2, 0) is 16.0 Å². The quantitative estimate of drug-likeness (QED) is 0.713. The predicted molar refractivity (Wildman–Crippen MR) is 85.2 cm³/mol. The molecule has 0 atom stereocenters. The van der Waals surface area contributed by atoms with Crippen LogP contribution in [-0.4, -0.2) is 39.3 Å². The minimum Gasteiger partial charge on any atom is -0.383 e. The number of benzene rings is 1. The second kappa shape index (κ2) is 11.2. The molecule has 0 aliphatic carbocycles. The van der Waals surface area contributed by atoms with Crippen molar-refractivity contribution in [3.63, 3.8) is 0 Å². The zero-order chi connectivity index (χ0) is 14.1. The van der Waals surface area contributed by atoms with Crippen molar-refractivity contribution >= 4 is 41.5 Å². The number of amides is 1. The highest BCUT2D eigenvalue weighted by molar-refractivity contribution is 6.42. The Morgan fingerprint density at radius 2 is 2.05 bits per heavy atom. The molecule has 7 heteroatoms. The van der Waals surface area contributed by atoms with Gasteiger partial charge in [0.1, 0.15) is 0 Å². The van der Waals surface area contributed by atoms with E-state index in [1.807, 2.05) is 12.1 Å². The van der Waals surface area contributed by atoms with Crippen molar-refractivity contribution in [2.24, 2.45) is 0 Å². The van der Waals surface area contributed by atoms with E-state index in [0.717, 1.165) is 5.56 Å². The van der Waals surface area contributed by atoms with Crippen molar-refractivity contribution < 1.29 is 9.53 Å². The summed E-state index contributed by atoms with van der Waals surface area (Å²) in [5.74, 6) is -0.0470. The maximum atomic E-state index is 11.5. The smallest absolute Gasteiger partial charge is 0.233 e. The van der Waals surface area contributed by atoms with Crippen LogP contribution in [0.1, 0.15) is 5.56 Å². The topological polar surface area (TPSA) is 50.4 Å². The standard InChI is InChI=1S/C13H18Cl2N2O2.ClH/c1-19-8-7-16-9-12(18)17-6-5-10-3-2-4-11(14)13(10)15;/h2-4,16H,5-9H2,1H3,(H,17,18);1H. The average Bonchev–Trinajstić information content (AvgIpc) is 2.40. The second-order valence-electron chi connectivity index (χ2n) is 3.98. The highest BCUT2D eigenvalue weighted by atomic mass is 35.5. The van der Waals surface area contributed by atoms with E-state index in [2.05, 4.69) is 10.6 Å². The molecule has 114 valence electrons. The lowest BCUT2D eigenvalue weighted by Gasteiger charge is -2.08. The van der Waals surface area contributed by atoms with Crippen LogP contribution in [0, 0.1) is 0 Å². The zero-order valence-corrected chi connectivity index (χ0v) is 13.6. The summed E-state index contributed by atoms with van der Waals surface area (Å²) in [6.07, 6.45) is 0.656. The van der Waals surface area contributed by atoms with Crippen molar-refractivity contribution in [3.05, 3.63) is 33.8 Å². The van der Waals surface area contributed by atoms with Crippen molar-refractivity contribution in [1.29, 1.82) is 0 Å². The van der Waals surface area contributed by atoms with Gasteiger partial charge in [0.05, 0.1) is 23.2 Å². The summed E-state index contributed by atoms with van der Waals surface area (Å²) >= 11 is 12.0. The molecule has 0 radical (unpaired) electrons. The lowest BCUT2D eigenvalue weighted by molar-refractivity contribution is -0.120. The molecule has 20 heavy (non-hydrogen) atoms. The van der Waals surface area contributed by atoms with Gasteiger partial charge in [-0.1, -0.05) is 35.3 Å². The number of nitrogens with one attached hydrogen (secondary N) is 2. The maximum absolute atomic E-state index is 11.5. The van der Waals surface area contributed by atoms with E-state index in [1.165, 1.54) is 0 Å². The molecule has 4 nitrogen and oxygen atoms in total. The molecule has 1 amide bonds. The van der Waals surface area contributed by atoms with Gasteiger partial charge in [0.25, 0.3) is 0 Å². The van der Waals surface area contributed by atoms with Crippen LogP contribution in [0.5, 0.6) is 0 Å². The lowest BCUT2D eigenvalue weighted by Crippen LogP contribution is -2.36. The summed E-state index contributed by atoms with van der Waals surface area (Å²) in [6, 6.07) is 5.49. The summed E-state index contributed by atoms with van der Waals surface area (Å²) in [5, 5.41) is 6.87. The van der Waals surface area contributed by atoms with Crippen LogP contribution in [0.2, 0.25) is 10.0 Å². The Balaban J connectivity index is 0.00000361. The summed E-state index contributed by atoms with van der Waals surface area (Å²) in [6.45, 7) is 2.06. The molecule has 0 saturated carbocycles. The van der Waals surface area contributed by atoms with Gasteiger partial charge in [-0.2, -0.15) is 0 Å². The van der Waals surface area contributed by atoms with Crippen LogP contribution >= 0.6 is 35.6 Å². The van der Waals surface area contributed by atoms with Gasteiger partial charge in [-0.05, 0) is 18.1 Å². The number of ether oxygens (including phenoxy) is 1. The molecule has 0 aliphatic heterocycles. The van der Waals surface area contributed by atoms with Crippen molar-refractivity contribution in [2.45, 2.75) is 6.42 Å². The van der Waals surface area contributed by atoms with Gasteiger partial charge in [0.15, 0.2) is 0 Å². The first kappa shape index (κ1) is 19.5. The molecule has 0 spiro atoms. The molecule has 0 aliphatic rings. The van der Waals surface area contributed by atoms with Crippen molar-refractivity contribution in [1.82, 2.24) is 10.6 Å². The third-order valence-corrected chi connectivity index (χ3v) is 3.37. The third kappa shape index (κ3) is 7.31. The monoisotopic (exact) mass is 340 g/mol. The molecule has 1 aromatic carbocycles. The first-order valence-electron chi connectivity index (χ1n) is 6.04. The van der Waals surface area contributed by atoms with E-state index < -0.39 is 0 Å². The van der Waals surface area contributed by atoms with Crippen LogP contribution in [0.15, 0.2) is 18.2 Å². The number of rotatable bonds is 8. The highest BCUT2D eigenvalue weighted by Gasteiger charge is 2.05. The number of carbonyl (C=O) groups is 1.